The van der Waals surface area contributed by atoms with E-state index in [0.717, 1.165) is 0 Å². The van der Waals surface area contributed by atoms with Gasteiger partial charge in [0.25, 0.3) is 5.91 Å². The summed E-state index contributed by atoms with van der Waals surface area (Å²) in [5.74, 6) is 0.0247. The second kappa shape index (κ2) is 9.70. The summed E-state index contributed by atoms with van der Waals surface area (Å²) >= 11 is 5.93. The Hall–Kier alpha value is -3.39. The summed E-state index contributed by atoms with van der Waals surface area (Å²) in [4.78, 5) is 28.3. The largest absolute Gasteiger partial charge is 0.494 e. The molecule has 2 aromatic carbocycles. The van der Waals surface area contributed by atoms with E-state index < -0.39 is 5.91 Å². The van der Waals surface area contributed by atoms with Crippen LogP contribution in [0, 0.1) is 0 Å². The average Bonchev–Trinajstić information content (AvgIpc) is 3.22. The zero-order chi connectivity index (χ0) is 20.6. The summed E-state index contributed by atoms with van der Waals surface area (Å²) in [7, 11) is 0. The second-order valence-electron chi connectivity index (χ2n) is 5.90. The fourth-order valence-electron chi connectivity index (χ4n) is 2.46. The van der Waals surface area contributed by atoms with Crippen LogP contribution in [-0.2, 0) is 0 Å². The molecule has 0 spiro atoms. The van der Waals surface area contributed by atoms with Crippen LogP contribution in [0.15, 0.2) is 53.1 Å². The molecule has 0 aliphatic carbocycles. The average molecular weight is 415 g/mol. The molecule has 0 fully saturated rings. The van der Waals surface area contributed by atoms with Gasteiger partial charge in [0.2, 0.25) is 5.82 Å². The maximum Gasteiger partial charge on any atom is 0.316 e. The van der Waals surface area contributed by atoms with Crippen molar-refractivity contribution in [2.75, 3.05) is 19.7 Å². The zero-order valence-electron chi connectivity index (χ0n) is 15.6. The van der Waals surface area contributed by atoms with Crippen molar-refractivity contribution in [3.8, 4) is 17.1 Å². The van der Waals surface area contributed by atoms with E-state index in [1.165, 1.54) is 0 Å². The van der Waals surface area contributed by atoms with Crippen LogP contribution in [0.2, 0.25) is 5.02 Å². The van der Waals surface area contributed by atoms with E-state index in [1.807, 2.05) is 6.92 Å². The van der Waals surface area contributed by atoms with Crippen LogP contribution in [0.4, 0.5) is 0 Å². The van der Waals surface area contributed by atoms with E-state index in [0.29, 0.717) is 28.5 Å². The van der Waals surface area contributed by atoms with Gasteiger partial charge in [-0.25, -0.2) is 0 Å². The number of halogens is 1. The smallest absolute Gasteiger partial charge is 0.316 e. The number of hydrogen-bond acceptors (Lipinski definition) is 6. The first-order valence-corrected chi connectivity index (χ1v) is 9.33. The number of carbonyl (C=O) groups is 2. The molecule has 3 aromatic rings. The molecule has 150 valence electrons. The van der Waals surface area contributed by atoms with Crippen molar-refractivity contribution in [1.82, 2.24) is 20.8 Å². The Balaban J connectivity index is 1.46. The molecule has 0 atom stereocenters. The van der Waals surface area contributed by atoms with Gasteiger partial charge in [-0.3, -0.25) is 9.59 Å². The van der Waals surface area contributed by atoms with E-state index in [2.05, 4.69) is 20.8 Å². The van der Waals surface area contributed by atoms with Gasteiger partial charge in [-0.15, -0.1) is 0 Å². The Morgan fingerprint density at radius 3 is 2.48 bits per heavy atom. The van der Waals surface area contributed by atoms with Crippen molar-refractivity contribution in [3.63, 3.8) is 0 Å². The van der Waals surface area contributed by atoms with E-state index >= 15 is 0 Å². The van der Waals surface area contributed by atoms with Gasteiger partial charge in [0.05, 0.1) is 6.61 Å². The molecule has 9 heteroatoms. The van der Waals surface area contributed by atoms with Crippen LogP contribution < -0.4 is 15.4 Å². The third-order valence-electron chi connectivity index (χ3n) is 3.83. The van der Waals surface area contributed by atoms with Crippen molar-refractivity contribution >= 4 is 23.4 Å². The minimum Gasteiger partial charge on any atom is -0.494 e. The summed E-state index contributed by atoms with van der Waals surface area (Å²) < 4.78 is 10.3. The van der Waals surface area contributed by atoms with E-state index in [4.69, 9.17) is 20.9 Å². The molecule has 0 bridgehead atoms. The van der Waals surface area contributed by atoms with Gasteiger partial charge in [0, 0.05) is 29.2 Å². The van der Waals surface area contributed by atoms with Crippen LogP contribution in [0.1, 0.15) is 28.0 Å². The quantitative estimate of drug-likeness (QED) is 0.549. The molecule has 2 amide bonds. The molecule has 0 saturated carbocycles. The highest BCUT2D eigenvalue weighted by Crippen LogP contribution is 2.19. The molecule has 0 aliphatic heterocycles. The molecule has 8 nitrogen and oxygen atoms in total. The van der Waals surface area contributed by atoms with E-state index in [-0.39, 0.29) is 30.7 Å². The Bertz CT molecular complexity index is 988. The fraction of sp³-hybridized carbons (Fsp3) is 0.200. The Labute approximate surface area is 172 Å². The number of aromatic nitrogens is 2. The lowest BCUT2D eigenvalue weighted by atomic mass is 10.2. The SMILES string of the molecule is CCOc1ccc(C(=O)NCCNC(=O)c2nc(-c3cccc(Cl)c3)no2)cc1. The third kappa shape index (κ3) is 5.55. The first kappa shape index (κ1) is 20.3. The third-order valence-corrected chi connectivity index (χ3v) is 4.06. The molecule has 2 N–H and O–H groups in total. The number of benzene rings is 2. The molecule has 1 heterocycles. The summed E-state index contributed by atoms with van der Waals surface area (Å²) in [5.41, 5.74) is 1.14. The summed E-state index contributed by atoms with van der Waals surface area (Å²) in [6, 6.07) is 13.7. The molecule has 0 radical (unpaired) electrons. The fourth-order valence-corrected chi connectivity index (χ4v) is 2.65. The topological polar surface area (TPSA) is 106 Å². The zero-order valence-corrected chi connectivity index (χ0v) is 16.4. The van der Waals surface area contributed by atoms with Gasteiger partial charge in [0.15, 0.2) is 0 Å². The monoisotopic (exact) mass is 414 g/mol. The minimum absolute atomic E-state index is 0.169. The highest BCUT2D eigenvalue weighted by molar-refractivity contribution is 6.30. The Morgan fingerprint density at radius 1 is 1.07 bits per heavy atom. The predicted molar refractivity (Wildman–Crippen MR) is 107 cm³/mol. The lowest BCUT2D eigenvalue weighted by molar-refractivity contribution is 0.0898. The van der Waals surface area contributed by atoms with Crippen molar-refractivity contribution < 1.29 is 18.8 Å². The first-order chi connectivity index (χ1) is 14.1. The maximum absolute atomic E-state index is 12.1. The molecule has 3 rings (SSSR count). The number of amides is 2. The van der Waals surface area contributed by atoms with Crippen molar-refractivity contribution in [2.24, 2.45) is 0 Å². The van der Waals surface area contributed by atoms with E-state index in [9.17, 15) is 9.59 Å². The standard InChI is InChI=1S/C20H19ClN4O4/c1-2-28-16-8-6-13(7-9-16)18(26)22-10-11-23-19(27)20-24-17(25-29-20)14-4-3-5-15(21)12-14/h3-9,12H,2,10-11H2,1H3,(H,22,26)(H,23,27). The van der Waals surface area contributed by atoms with Gasteiger partial charge < -0.3 is 19.9 Å². The number of hydrogen-bond donors (Lipinski definition) is 2. The van der Waals surface area contributed by atoms with Crippen molar-refractivity contribution in [1.29, 1.82) is 0 Å². The normalized spacial score (nSPS) is 10.4. The number of carbonyl (C=O) groups excluding carboxylic acids is 2. The second-order valence-corrected chi connectivity index (χ2v) is 6.34. The Kier molecular flexibility index (Phi) is 6.80. The van der Waals surface area contributed by atoms with Crippen LogP contribution in [0.25, 0.3) is 11.4 Å². The van der Waals surface area contributed by atoms with Gasteiger partial charge in [-0.05, 0) is 43.3 Å². The van der Waals surface area contributed by atoms with Gasteiger partial charge in [-0.1, -0.05) is 28.9 Å². The number of ether oxygens (including phenoxy) is 1. The minimum atomic E-state index is -0.527. The summed E-state index contributed by atoms with van der Waals surface area (Å²) in [6.45, 7) is 2.90. The van der Waals surface area contributed by atoms with Crippen LogP contribution >= 0.6 is 11.6 Å². The van der Waals surface area contributed by atoms with Gasteiger partial charge >= 0.3 is 11.8 Å². The predicted octanol–water partition coefficient (Wildman–Crippen LogP) is 2.95. The first-order valence-electron chi connectivity index (χ1n) is 8.95. The van der Waals surface area contributed by atoms with Crippen LogP contribution in [0.3, 0.4) is 0 Å². The lowest BCUT2D eigenvalue weighted by Crippen LogP contribution is -2.34. The highest BCUT2D eigenvalue weighted by Gasteiger charge is 2.16. The van der Waals surface area contributed by atoms with Crippen molar-refractivity contribution in [2.45, 2.75) is 6.92 Å². The van der Waals surface area contributed by atoms with Crippen LogP contribution in [0.5, 0.6) is 5.75 Å². The van der Waals surface area contributed by atoms with E-state index in [1.54, 1.807) is 48.5 Å². The number of nitrogens with one attached hydrogen (secondary N) is 2. The maximum atomic E-state index is 12.1. The van der Waals surface area contributed by atoms with Crippen molar-refractivity contribution in [3.05, 3.63) is 65.0 Å². The molecular weight excluding hydrogens is 396 g/mol. The Morgan fingerprint density at radius 2 is 1.79 bits per heavy atom. The highest BCUT2D eigenvalue weighted by atomic mass is 35.5. The van der Waals surface area contributed by atoms with Gasteiger partial charge in [-0.2, -0.15) is 4.98 Å². The summed E-state index contributed by atoms with van der Waals surface area (Å²) in [5, 5.41) is 9.64. The van der Waals surface area contributed by atoms with Crippen LogP contribution in [-0.4, -0.2) is 41.7 Å². The number of nitrogens with zero attached hydrogens (tertiary/aromatic N) is 2. The summed E-state index contributed by atoms with van der Waals surface area (Å²) in [6.07, 6.45) is 0. The molecule has 0 aliphatic rings. The van der Waals surface area contributed by atoms with Gasteiger partial charge in [0.1, 0.15) is 5.75 Å². The molecule has 1 aromatic heterocycles. The number of rotatable bonds is 8. The lowest BCUT2D eigenvalue weighted by Gasteiger charge is -2.07. The molecule has 0 saturated heterocycles. The molecule has 29 heavy (non-hydrogen) atoms. The molecule has 0 unspecified atom stereocenters. The molecular formula is C20H19ClN4O4.